The number of ether oxygens (including phenoxy) is 1. The second kappa shape index (κ2) is 5.45. The van der Waals surface area contributed by atoms with E-state index in [0.29, 0.717) is 5.92 Å². The zero-order chi connectivity index (χ0) is 13.1. The maximum atomic E-state index is 5.68. The third-order valence-electron chi connectivity index (χ3n) is 3.70. The Hall–Kier alpha value is -1.81. The standard InChI is InChI=1S/C15H19N3O/c1-18-11-17-10-13(18)9-16-8-12-6-7-19-15-5-3-2-4-14(12)15/h2-5,10-12,16H,6-9H2,1H3. The molecule has 19 heavy (non-hydrogen) atoms. The Morgan fingerprint density at radius 2 is 2.32 bits per heavy atom. The molecule has 2 aromatic rings. The lowest BCUT2D eigenvalue weighted by atomic mass is 9.93. The molecule has 1 aliphatic heterocycles. The van der Waals surface area contributed by atoms with Gasteiger partial charge in [-0.05, 0) is 18.1 Å². The summed E-state index contributed by atoms with van der Waals surface area (Å²) in [6.07, 6.45) is 4.82. The lowest BCUT2D eigenvalue weighted by Gasteiger charge is -2.26. The van der Waals surface area contributed by atoms with Gasteiger partial charge in [0, 0.05) is 32.3 Å². The van der Waals surface area contributed by atoms with Gasteiger partial charge in [-0.15, -0.1) is 0 Å². The minimum Gasteiger partial charge on any atom is -0.493 e. The van der Waals surface area contributed by atoms with E-state index in [1.165, 1.54) is 11.3 Å². The first kappa shape index (κ1) is 12.2. The summed E-state index contributed by atoms with van der Waals surface area (Å²) in [6, 6.07) is 8.35. The van der Waals surface area contributed by atoms with Crippen molar-refractivity contribution in [2.75, 3.05) is 13.2 Å². The summed E-state index contributed by atoms with van der Waals surface area (Å²) in [7, 11) is 2.02. The highest BCUT2D eigenvalue weighted by molar-refractivity contribution is 5.37. The Labute approximate surface area is 113 Å². The van der Waals surface area contributed by atoms with Crippen molar-refractivity contribution in [3.63, 3.8) is 0 Å². The van der Waals surface area contributed by atoms with Crippen molar-refractivity contribution < 1.29 is 4.74 Å². The molecule has 1 aromatic heterocycles. The molecule has 0 saturated heterocycles. The van der Waals surface area contributed by atoms with E-state index in [4.69, 9.17) is 4.74 Å². The largest absolute Gasteiger partial charge is 0.493 e. The number of nitrogens with one attached hydrogen (secondary N) is 1. The van der Waals surface area contributed by atoms with Gasteiger partial charge in [0.1, 0.15) is 5.75 Å². The molecule has 1 N–H and O–H groups in total. The number of para-hydroxylation sites is 1. The normalized spacial score (nSPS) is 17.8. The van der Waals surface area contributed by atoms with Gasteiger partial charge in [0.05, 0.1) is 18.6 Å². The monoisotopic (exact) mass is 257 g/mol. The number of benzene rings is 1. The van der Waals surface area contributed by atoms with Crippen molar-refractivity contribution in [2.24, 2.45) is 7.05 Å². The number of hydrogen-bond acceptors (Lipinski definition) is 3. The van der Waals surface area contributed by atoms with E-state index < -0.39 is 0 Å². The van der Waals surface area contributed by atoms with Gasteiger partial charge in [-0.1, -0.05) is 18.2 Å². The Balaban J connectivity index is 1.61. The molecule has 1 aromatic carbocycles. The molecule has 4 heteroatoms. The molecule has 0 saturated carbocycles. The Morgan fingerprint density at radius 3 is 3.16 bits per heavy atom. The van der Waals surface area contributed by atoms with Crippen molar-refractivity contribution in [2.45, 2.75) is 18.9 Å². The predicted octanol–water partition coefficient (Wildman–Crippen LogP) is 2.08. The molecule has 0 radical (unpaired) electrons. The molecule has 100 valence electrons. The summed E-state index contributed by atoms with van der Waals surface area (Å²) >= 11 is 0. The molecule has 1 aliphatic rings. The molecule has 3 rings (SSSR count). The number of rotatable bonds is 4. The molecule has 0 aliphatic carbocycles. The maximum absolute atomic E-state index is 5.68. The molecule has 4 nitrogen and oxygen atoms in total. The van der Waals surface area contributed by atoms with Crippen LogP contribution in [0.1, 0.15) is 23.6 Å². The first-order valence-electron chi connectivity index (χ1n) is 6.72. The van der Waals surface area contributed by atoms with Crippen molar-refractivity contribution in [3.05, 3.63) is 48.0 Å². The fourth-order valence-electron chi connectivity index (χ4n) is 2.56. The fourth-order valence-corrected chi connectivity index (χ4v) is 2.56. The van der Waals surface area contributed by atoms with Crippen LogP contribution in [0, 0.1) is 0 Å². The summed E-state index contributed by atoms with van der Waals surface area (Å²) in [5.74, 6) is 1.58. The number of nitrogens with zero attached hydrogens (tertiary/aromatic N) is 2. The molecule has 0 spiro atoms. The van der Waals surface area contributed by atoms with Crippen LogP contribution in [0.3, 0.4) is 0 Å². The molecule has 0 amide bonds. The molecule has 0 fully saturated rings. The number of fused-ring (bicyclic) bond motifs is 1. The lowest BCUT2D eigenvalue weighted by Crippen LogP contribution is -2.26. The first-order valence-corrected chi connectivity index (χ1v) is 6.72. The van der Waals surface area contributed by atoms with E-state index in [1.54, 1.807) is 0 Å². The van der Waals surface area contributed by atoms with Crippen LogP contribution in [0.5, 0.6) is 5.75 Å². The van der Waals surface area contributed by atoms with Gasteiger partial charge in [-0.3, -0.25) is 0 Å². The van der Waals surface area contributed by atoms with Crippen molar-refractivity contribution in [3.8, 4) is 5.75 Å². The van der Waals surface area contributed by atoms with Crippen LogP contribution in [0.2, 0.25) is 0 Å². The zero-order valence-electron chi connectivity index (χ0n) is 11.2. The van der Waals surface area contributed by atoms with E-state index in [-0.39, 0.29) is 0 Å². The molecule has 1 unspecified atom stereocenters. The summed E-state index contributed by atoms with van der Waals surface area (Å²) in [4.78, 5) is 4.13. The minimum atomic E-state index is 0.540. The van der Waals surface area contributed by atoms with Crippen molar-refractivity contribution in [1.29, 1.82) is 0 Å². The third kappa shape index (κ3) is 2.63. The van der Waals surface area contributed by atoms with Gasteiger partial charge in [0.15, 0.2) is 0 Å². The van der Waals surface area contributed by atoms with Gasteiger partial charge in [-0.25, -0.2) is 4.98 Å². The zero-order valence-corrected chi connectivity index (χ0v) is 11.2. The summed E-state index contributed by atoms with van der Waals surface area (Å²) in [5.41, 5.74) is 2.53. The summed E-state index contributed by atoms with van der Waals surface area (Å²) in [6.45, 7) is 2.65. The highest BCUT2D eigenvalue weighted by atomic mass is 16.5. The van der Waals surface area contributed by atoms with Crippen molar-refractivity contribution in [1.82, 2.24) is 14.9 Å². The van der Waals surface area contributed by atoms with Gasteiger partial charge in [-0.2, -0.15) is 0 Å². The SMILES string of the molecule is Cn1cncc1CNCC1CCOc2ccccc21. The number of hydrogen-bond donors (Lipinski definition) is 1. The van der Waals surface area contributed by atoms with Gasteiger partial charge in [0.25, 0.3) is 0 Å². The predicted molar refractivity (Wildman–Crippen MR) is 74.2 cm³/mol. The van der Waals surface area contributed by atoms with Crippen LogP contribution < -0.4 is 10.1 Å². The smallest absolute Gasteiger partial charge is 0.122 e. The van der Waals surface area contributed by atoms with Crippen molar-refractivity contribution >= 4 is 0 Å². The van der Waals surface area contributed by atoms with Crippen LogP contribution in [-0.4, -0.2) is 22.7 Å². The average Bonchev–Trinajstić information content (AvgIpc) is 2.85. The van der Waals surface area contributed by atoms with Crippen LogP contribution in [-0.2, 0) is 13.6 Å². The summed E-state index contributed by atoms with van der Waals surface area (Å²) < 4.78 is 7.73. The van der Waals surface area contributed by atoms with E-state index >= 15 is 0 Å². The van der Waals surface area contributed by atoms with Crippen LogP contribution in [0.4, 0.5) is 0 Å². The topological polar surface area (TPSA) is 39.1 Å². The Morgan fingerprint density at radius 1 is 1.42 bits per heavy atom. The van der Waals surface area contributed by atoms with E-state index in [0.717, 1.165) is 31.9 Å². The van der Waals surface area contributed by atoms with E-state index in [1.807, 2.05) is 30.2 Å². The molecular formula is C15H19N3O. The maximum Gasteiger partial charge on any atom is 0.122 e. The second-order valence-corrected chi connectivity index (χ2v) is 5.00. The molecule has 0 bridgehead atoms. The van der Waals surface area contributed by atoms with Crippen LogP contribution >= 0.6 is 0 Å². The fraction of sp³-hybridized carbons (Fsp3) is 0.400. The molecule has 1 atom stereocenters. The highest BCUT2D eigenvalue weighted by Crippen LogP contribution is 2.32. The minimum absolute atomic E-state index is 0.540. The van der Waals surface area contributed by atoms with E-state index in [9.17, 15) is 0 Å². The number of aryl methyl sites for hydroxylation is 1. The van der Waals surface area contributed by atoms with Gasteiger partial charge in [0.2, 0.25) is 0 Å². The molecule has 2 heterocycles. The second-order valence-electron chi connectivity index (χ2n) is 5.00. The quantitative estimate of drug-likeness (QED) is 0.911. The van der Waals surface area contributed by atoms with Crippen LogP contribution in [0.25, 0.3) is 0 Å². The highest BCUT2D eigenvalue weighted by Gasteiger charge is 2.20. The lowest BCUT2D eigenvalue weighted by molar-refractivity contribution is 0.264. The molecular weight excluding hydrogens is 238 g/mol. The Kier molecular flexibility index (Phi) is 3.51. The average molecular weight is 257 g/mol. The Bertz CT molecular complexity index is 550. The van der Waals surface area contributed by atoms with Gasteiger partial charge >= 0.3 is 0 Å². The number of imidazole rings is 1. The van der Waals surface area contributed by atoms with Crippen LogP contribution in [0.15, 0.2) is 36.8 Å². The first-order chi connectivity index (χ1) is 9.34. The summed E-state index contributed by atoms with van der Waals surface area (Å²) in [5, 5.41) is 3.52. The number of aromatic nitrogens is 2. The van der Waals surface area contributed by atoms with Gasteiger partial charge < -0.3 is 14.6 Å². The third-order valence-corrected chi connectivity index (χ3v) is 3.70. The van der Waals surface area contributed by atoms with E-state index in [2.05, 4.69) is 28.5 Å².